The van der Waals surface area contributed by atoms with E-state index < -0.39 is 29.7 Å². The zero-order valence-corrected chi connectivity index (χ0v) is 33.2. The summed E-state index contributed by atoms with van der Waals surface area (Å²) in [6, 6.07) is 16.7. The maximum Gasteiger partial charge on any atom is 0.262 e. The van der Waals surface area contributed by atoms with Crippen LogP contribution in [-0.2, 0) is 40.3 Å². The second kappa shape index (κ2) is 15.6. The van der Waals surface area contributed by atoms with Gasteiger partial charge in [-0.2, -0.15) is 5.26 Å². The maximum absolute atomic E-state index is 13.6. The molecule has 0 spiro atoms. The van der Waals surface area contributed by atoms with E-state index in [1.807, 2.05) is 42.2 Å². The number of carbonyl (C=O) groups is 6. The fourth-order valence-corrected chi connectivity index (χ4v) is 9.73. The van der Waals surface area contributed by atoms with E-state index in [1.165, 1.54) is 0 Å². The molecule has 6 amide bonds. The number of hydrogen-bond donors (Lipinski definition) is 1. The van der Waals surface area contributed by atoms with Crippen molar-refractivity contribution in [2.24, 2.45) is 0 Å². The van der Waals surface area contributed by atoms with Gasteiger partial charge in [-0.15, -0.1) is 0 Å². The van der Waals surface area contributed by atoms with Crippen LogP contribution in [0.5, 0.6) is 5.75 Å². The van der Waals surface area contributed by atoms with Crippen molar-refractivity contribution in [3.63, 3.8) is 0 Å². The predicted molar refractivity (Wildman–Crippen MR) is 214 cm³/mol. The summed E-state index contributed by atoms with van der Waals surface area (Å²) in [5.41, 5.74) is 6.82. The van der Waals surface area contributed by atoms with E-state index in [-0.39, 0.29) is 54.5 Å². The lowest BCUT2D eigenvalue weighted by Crippen LogP contribution is -2.54. The Morgan fingerprint density at radius 3 is 2.24 bits per heavy atom. The second-order valence-corrected chi connectivity index (χ2v) is 16.5. The van der Waals surface area contributed by atoms with Gasteiger partial charge in [-0.3, -0.25) is 43.9 Å². The highest BCUT2D eigenvalue weighted by Crippen LogP contribution is 2.36. The van der Waals surface area contributed by atoms with Crippen molar-refractivity contribution in [2.75, 3.05) is 44.2 Å². The molecule has 1 saturated carbocycles. The van der Waals surface area contributed by atoms with Crippen LogP contribution in [-0.4, -0.2) is 112 Å². The first-order valence-corrected chi connectivity index (χ1v) is 20.8. The van der Waals surface area contributed by atoms with E-state index >= 15 is 0 Å². The lowest BCUT2D eigenvalue weighted by molar-refractivity contribution is -0.136. The van der Waals surface area contributed by atoms with Gasteiger partial charge in [0.25, 0.3) is 17.7 Å². The summed E-state index contributed by atoms with van der Waals surface area (Å²) < 4.78 is 6.32. The minimum Gasteiger partial charge on any atom is -0.490 e. The number of hydrogen-bond acceptors (Lipinski definition) is 10. The number of carbonyl (C=O) groups excluding carboxylic acids is 6. The van der Waals surface area contributed by atoms with Crippen LogP contribution in [0, 0.1) is 11.3 Å². The smallest absolute Gasteiger partial charge is 0.262 e. The van der Waals surface area contributed by atoms with Gasteiger partial charge in [0, 0.05) is 69.5 Å². The number of nitrogens with zero attached hydrogens (tertiary/aromatic N) is 6. The number of ether oxygens (including phenoxy) is 1. The Bertz CT molecular complexity index is 2320. The Balaban J connectivity index is 0.757. The molecule has 9 rings (SSSR count). The number of nitrogens with one attached hydrogen (secondary N) is 1. The van der Waals surface area contributed by atoms with Gasteiger partial charge in [0.2, 0.25) is 17.7 Å². The fourth-order valence-electron chi connectivity index (χ4n) is 9.73. The first-order valence-electron chi connectivity index (χ1n) is 20.8. The van der Waals surface area contributed by atoms with Crippen molar-refractivity contribution in [3.8, 4) is 11.8 Å². The van der Waals surface area contributed by atoms with Gasteiger partial charge >= 0.3 is 0 Å². The minimum atomic E-state index is -1.02. The summed E-state index contributed by atoms with van der Waals surface area (Å²) in [5.74, 6) is -1.23. The number of piperidine rings is 1. The van der Waals surface area contributed by atoms with E-state index in [1.54, 1.807) is 17.0 Å². The van der Waals surface area contributed by atoms with Gasteiger partial charge in [-0.1, -0.05) is 6.92 Å². The number of fused-ring (bicyclic) bond motifs is 3. The molecule has 14 heteroatoms. The van der Waals surface area contributed by atoms with E-state index in [0.29, 0.717) is 44.7 Å². The Morgan fingerprint density at radius 2 is 1.53 bits per heavy atom. The van der Waals surface area contributed by atoms with Crippen LogP contribution in [0.1, 0.15) is 104 Å². The molecule has 0 bridgehead atoms. The highest BCUT2D eigenvalue weighted by Gasteiger charge is 2.45. The van der Waals surface area contributed by atoms with Gasteiger partial charge in [0.15, 0.2) is 0 Å². The molecule has 1 atom stereocenters. The van der Waals surface area contributed by atoms with Gasteiger partial charge < -0.3 is 19.4 Å². The molecule has 6 aliphatic rings. The third kappa shape index (κ3) is 7.22. The van der Waals surface area contributed by atoms with Crippen molar-refractivity contribution < 1.29 is 33.5 Å². The van der Waals surface area contributed by atoms with E-state index in [9.17, 15) is 34.0 Å². The van der Waals surface area contributed by atoms with Crippen LogP contribution >= 0.6 is 0 Å². The number of aryl methyl sites for hydroxylation is 1. The average Bonchev–Trinajstić information content (AvgIpc) is 3.70. The van der Waals surface area contributed by atoms with Gasteiger partial charge in [-0.25, -0.2) is 0 Å². The van der Waals surface area contributed by atoms with Crippen molar-refractivity contribution in [1.82, 2.24) is 24.9 Å². The third-order valence-corrected chi connectivity index (χ3v) is 13.1. The Hall–Kier alpha value is -6.07. The molecule has 3 aromatic carbocycles. The average molecular weight is 798 g/mol. The summed E-state index contributed by atoms with van der Waals surface area (Å²) >= 11 is 0. The molecule has 1 unspecified atom stereocenters. The van der Waals surface area contributed by atoms with Crippen LogP contribution in [0.2, 0.25) is 0 Å². The van der Waals surface area contributed by atoms with Crippen molar-refractivity contribution in [2.45, 2.75) is 89.6 Å². The van der Waals surface area contributed by atoms with Crippen LogP contribution in [0.4, 0.5) is 5.69 Å². The Kier molecular flexibility index (Phi) is 10.2. The van der Waals surface area contributed by atoms with E-state index in [2.05, 4.69) is 27.3 Å². The highest BCUT2D eigenvalue weighted by molar-refractivity contribution is 6.23. The van der Waals surface area contributed by atoms with Gasteiger partial charge in [0.1, 0.15) is 11.8 Å². The highest BCUT2D eigenvalue weighted by atomic mass is 16.5. The number of benzene rings is 3. The molecular formula is C45H47N7O7. The minimum absolute atomic E-state index is 0.00814. The van der Waals surface area contributed by atoms with Crippen LogP contribution in [0.25, 0.3) is 0 Å². The van der Waals surface area contributed by atoms with Gasteiger partial charge in [0.05, 0.1) is 35.4 Å². The van der Waals surface area contributed by atoms with Crippen LogP contribution < -0.4 is 15.0 Å². The zero-order valence-electron chi connectivity index (χ0n) is 33.2. The van der Waals surface area contributed by atoms with Gasteiger partial charge in [-0.05, 0) is 116 Å². The number of imide groups is 2. The predicted octanol–water partition coefficient (Wildman–Crippen LogP) is 3.57. The first kappa shape index (κ1) is 38.4. The maximum atomic E-state index is 13.6. The van der Waals surface area contributed by atoms with Crippen molar-refractivity contribution in [3.05, 3.63) is 93.0 Å². The topological polar surface area (TPSA) is 164 Å². The van der Waals surface area contributed by atoms with Crippen LogP contribution in [0.3, 0.4) is 0 Å². The summed E-state index contributed by atoms with van der Waals surface area (Å²) in [6.45, 7) is 6.69. The fraction of sp³-hybridized carbons (Fsp3) is 0.444. The molecule has 3 aromatic rings. The molecule has 304 valence electrons. The molecule has 59 heavy (non-hydrogen) atoms. The standard InChI is InChI=1S/C45H47N7O7/c1-2-27-20-35(7-3-29(27)23-46)59-34-8-4-32(5-9-34)51-25-31-19-33(6-10-36(31)43(51)56)49-17-15-48(16-18-49)26-41(54)50-14-13-28-21-37-38(22-30(28)24-50)45(58)52(44(37)57)39-11-12-40(53)47-42(39)55/h3,6-7,10,19-22,32,34,39H,2,4-5,8-9,11-18,24-26H2,1H3,(H,47,53,55)/t32-,34-,39?. The molecule has 14 nitrogen and oxygen atoms in total. The molecule has 0 aromatic heterocycles. The Morgan fingerprint density at radius 1 is 0.780 bits per heavy atom. The SMILES string of the molecule is CCc1cc(O[C@H]2CC[C@H](N3Cc4cc(N5CCN(CC(=O)N6CCc7cc8c(cc7C6)C(=O)N(C6CCC(=O)NC6=O)C8=O)CC5)ccc4C3=O)CC2)ccc1C#N. The molecular weight excluding hydrogens is 751 g/mol. The summed E-state index contributed by atoms with van der Waals surface area (Å²) in [6.07, 6.45) is 5.07. The molecule has 1 N–H and O–H groups in total. The summed E-state index contributed by atoms with van der Waals surface area (Å²) in [5, 5.41) is 11.6. The molecule has 3 fully saturated rings. The number of anilines is 1. The lowest BCUT2D eigenvalue weighted by Gasteiger charge is -2.37. The quantitative estimate of drug-likeness (QED) is 0.334. The van der Waals surface area contributed by atoms with Crippen molar-refractivity contribution >= 4 is 41.1 Å². The largest absolute Gasteiger partial charge is 0.490 e. The van der Waals surface area contributed by atoms with Crippen molar-refractivity contribution in [1.29, 1.82) is 5.26 Å². The summed E-state index contributed by atoms with van der Waals surface area (Å²) in [7, 11) is 0. The zero-order chi connectivity index (χ0) is 40.9. The van der Waals surface area contributed by atoms with E-state index in [0.717, 1.165) is 89.3 Å². The molecule has 5 heterocycles. The number of piperazine rings is 1. The first-order chi connectivity index (χ1) is 28.6. The molecule has 2 saturated heterocycles. The number of rotatable bonds is 8. The summed E-state index contributed by atoms with van der Waals surface area (Å²) in [4.78, 5) is 87.3. The second-order valence-electron chi connectivity index (χ2n) is 16.5. The van der Waals surface area contributed by atoms with E-state index in [4.69, 9.17) is 4.74 Å². The molecule has 5 aliphatic heterocycles. The lowest BCUT2D eigenvalue weighted by atomic mass is 9.91. The third-order valence-electron chi connectivity index (χ3n) is 13.1. The monoisotopic (exact) mass is 797 g/mol. The molecule has 1 aliphatic carbocycles. The Labute approximate surface area is 342 Å². The number of nitriles is 1. The van der Waals surface area contributed by atoms with Crippen LogP contribution in [0.15, 0.2) is 48.5 Å². The molecule has 0 radical (unpaired) electrons. The number of amides is 6. The normalized spacial score (nSPS) is 23.2.